The first kappa shape index (κ1) is 25.4. The van der Waals surface area contributed by atoms with Crippen molar-refractivity contribution in [3.63, 3.8) is 0 Å². The van der Waals surface area contributed by atoms with Crippen LogP contribution in [0.4, 0.5) is 0 Å². The van der Waals surface area contributed by atoms with Gasteiger partial charge in [-0.3, -0.25) is 0 Å². The largest absolute Gasteiger partial charge is 0.463 e. The van der Waals surface area contributed by atoms with E-state index >= 15 is 0 Å². The average molecular weight is 381 g/mol. The molecule has 0 unspecified atom stereocenters. The molecule has 0 N–H and O–H groups in total. The highest BCUT2D eigenvalue weighted by Crippen LogP contribution is 2.07. The third-order valence-electron chi connectivity index (χ3n) is 4.25. The molecule has 4 heteroatoms. The number of hydrogen-bond donors (Lipinski definition) is 0. The van der Waals surface area contributed by atoms with Gasteiger partial charge in [0, 0.05) is 12.2 Å². The maximum Gasteiger partial charge on any atom is 0.331 e. The summed E-state index contributed by atoms with van der Waals surface area (Å²) in [4.78, 5) is 23.0. The van der Waals surface area contributed by atoms with Crippen molar-refractivity contribution in [1.29, 1.82) is 0 Å². The Bertz CT molecular complexity index is 413. The Morgan fingerprint density at radius 2 is 1.04 bits per heavy atom. The number of ether oxygens (including phenoxy) is 2. The van der Waals surface area contributed by atoms with Gasteiger partial charge in [0.05, 0.1) is 13.2 Å². The molecular formula is C23H40O4. The lowest BCUT2D eigenvalue weighted by Crippen LogP contribution is -2.06. The third kappa shape index (κ3) is 20.6. The average Bonchev–Trinajstić information content (AvgIpc) is 2.67. The summed E-state index contributed by atoms with van der Waals surface area (Å²) >= 11 is 0. The molecule has 156 valence electrons. The van der Waals surface area contributed by atoms with E-state index in [1.807, 2.05) is 0 Å². The summed E-state index contributed by atoms with van der Waals surface area (Å²) in [6.07, 6.45) is 21.4. The summed E-state index contributed by atoms with van der Waals surface area (Å²) in [6, 6.07) is 0. The van der Waals surface area contributed by atoms with Gasteiger partial charge < -0.3 is 9.47 Å². The molecule has 0 atom stereocenters. The predicted molar refractivity (Wildman–Crippen MR) is 112 cm³/mol. The second kappa shape index (κ2) is 20.7. The van der Waals surface area contributed by atoms with Crippen LogP contribution < -0.4 is 0 Å². The lowest BCUT2D eigenvalue weighted by atomic mass is 10.1. The van der Waals surface area contributed by atoms with Crippen LogP contribution in [0.15, 0.2) is 24.3 Å². The molecule has 0 spiro atoms. The maximum absolute atomic E-state index is 11.5. The van der Waals surface area contributed by atoms with Crippen molar-refractivity contribution in [3.05, 3.63) is 24.3 Å². The highest BCUT2D eigenvalue weighted by molar-refractivity contribution is 5.91. The van der Waals surface area contributed by atoms with E-state index in [0.29, 0.717) is 13.2 Å². The van der Waals surface area contributed by atoms with Crippen LogP contribution in [0.1, 0.15) is 97.3 Å². The van der Waals surface area contributed by atoms with Gasteiger partial charge in [-0.2, -0.15) is 0 Å². The Labute approximate surface area is 166 Å². The molecule has 0 fully saturated rings. The second-order valence-corrected chi connectivity index (χ2v) is 6.90. The molecule has 0 radical (unpaired) electrons. The minimum Gasteiger partial charge on any atom is -0.463 e. The van der Waals surface area contributed by atoms with Gasteiger partial charge in [0.25, 0.3) is 0 Å². The van der Waals surface area contributed by atoms with Crippen LogP contribution in [-0.4, -0.2) is 25.2 Å². The number of unbranched alkanes of at least 4 members (excludes halogenated alkanes) is 10. The zero-order chi connectivity index (χ0) is 20.0. The molecule has 0 aromatic carbocycles. The Morgan fingerprint density at radius 3 is 1.63 bits per heavy atom. The second-order valence-electron chi connectivity index (χ2n) is 6.90. The van der Waals surface area contributed by atoms with Crippen molar-refractivity contribution >= 4 is 11.9 Å². The monoisotopic (exact) mass is 380 g/mol. The van der Waals surface area contributed by atoms with E-state index in [1.54, 1.807) is 0 Å². The molecule has 0 amide bonds. The molecule has 0 rings (SSSR count). The van der Waals surface area contributed by atoms with E-state index in [4.69, 9.17) is 9.47 Å². The predicted octanol–water partition coefficient (Wildman–Crippen LogP) is 6.30. The fraction of sp³-hybridized carbons (Fsp3) is 0.739. The van der Waals surface area contributed by atoms with E-state index in [9.17, 15) is 9.59 Å². The van der Waals surface area contributed by atoms with Crippen LogP contribution in [0.3, 0.4) is 0 Å². The van der Waals surface area contributed by atoms with Crippen LogP contribution in [0.5, 0.6) is 0 Å². The fourth-order valence-corrected chi connectivity index (χ4v) is 2.59. The van der Waals surface area contributed by atoms with E-state index < -0.39 is 11.9 Å². The highest BCUT2D eigenvalue weighted by Gasteiger charge is 2.01. The smallest absolute Gasteiger partial charge is 0.331 e. The van der Waals surface area contributed by atoms with Crippen molar-refractivity contribution in [2.24, 2.45) is 0 Å². The summed E-state index contributed by atoms with van der Waals surface area (Å²) in [5, 5.41) is 0. The van der Waals surface area contributed by atoms with E-state index in [2.05, 4.69) is 26.0 Å². The number of carbonyl (C=O) groups is 2. The lowest BCUT2D eigenvalue weighted by molar-refractivity contribution is -0.140. The Kier molecular flexibility index (Phi) is 19.5. The van der Waals surface area contributed by atoms with Crippen molar-refractivity contribution in [2.45, 2.75) is 97.3 Å². The Balaban J connectivity index is 3.51. The van der Waals surface area contributed by atoms with E-state index in [1.165, 1.54) is 51.4 Å². The fourth-order valence-electron chi connectivity index (χ4n) is 2.59. The molecule has 27 heavy (non-hydrogen) atoms. The van der Waals surface area contributed by atoms with Gasteiger partial charge in [-0.1, -0.05) is 77.4 Å². The van der Waals surface area contributed by atoms with Gasteiger partial charge >= 0.3 is 11.9 Å². The Morgan fingerprint density at radius 1 is 0.593 bits per heavy atom. The quantitative estimate of drug-likeness (QED) is 0.121. The SMILES string of the molecule is CCCCC/C=C/CCCOC(=O)/C=C/C(=O)OCCCCCCCCC. The molecule has 0 saturated carbocycles. The maximum atomic E-state index is 11.5. The molecule has 0 aliphatic carbocycles. The molecule has 0 aromatic rings. The molecule has 0 saturated heterocycles. The Hall–Kier alpha value is -1.58. The van der Waals surface area contributed by atoms with Gasteiger partial charge in [0.15, 0.2) is 0 Å². The van der Waals surface area contributed by atoms with Gasteiger partial charge in [-0.25, -0.2) is 9.59 Å². The van der Waals surface area contributed by atoms with Crippen LogP contribution in [-0.2, 0) is 19.1 Å². The summed E-state index contributed by atoms with van der Waals surface area (Å²) in [5.74, 6) is -0.970. The summed E-state index contributed by atoms with van der Waals surface area (Å²) in [5.41, 5.74) is 0. The topological polar surface area (TPSA) is 52.6 Å². The van der Waals surface area contributed by atoms with Crippen LogP contribution in [0.2, 0.25) is 0 Å². The van der Waals surface area contributed by atoms with Crippen molar-refractivity contribution in [1.82, 2.24) is 0 Å². The zero-order valence-corrected chi connectivity index (χ0v) is 17.5. The standard InChI is InChI=1S/C23H40O4/c1-3-5-7-9-11-13-15-17-21-27-23(25)19-18-22(24)26-20-16-14-12-10-8-6-4-2/h11,13,18-19H,3-10,12,14-17,20-21H2,1-2H3/b13-11+,19-18+. The van der Waals surface area contributed by atoms with Gasteiger partial charge in [-0.05, 0) is 32.1 Å². The van der Waals surface area contributed by atoms with Gasteiger partial charge in [0.2, 0.25) is 0 Å². The number of carbonyl (C=O) groups excluding carboxylic acids is 2. The first-order valence-corrected chi connectivity index (χ1v) is 10.9. The van der Waals surface area contributed by atoms with Crippen LogP contribution in [0.25, 0.3) is 0 Å². The van der Waals surface area contributed by atoms with E-state index in [-0.39, 0.29) is 0 Å². The van der Waals surface area contributed by atoms with Gasteiger partial charge in [0.1, 0.15) is 0 Å². The van der Waals surface area contributed by atoms with Crippen LogP contribution in [0, 0.1) is 0 Å². The minimum absolute atomic E-state index is 0.371. The summed E-state index contributed by atoms with van der Waals surface area (Å²) in [7, 11) is 0. The molecular weight excluding hydrogens is 340 g/mol. The molecule has 0 aliphatic rings. The zero-order valence-electron chi connectivity index (χ0n) is 17.5. The van der Waals surface area contributed by atoms with Crippen LogP contribution >= 0.6 is 0 Å². The minimum atomic E-state index is -0.491. The number of allylic oxidation sites excluding steroid dienone is 2. The number of esters is 2. The summed E-state index contributed by atoms with van der Waals surface area (Å²) in [6.45, 7) is 5.19. The number of rotatable bonds is 18. The van der Waals surface area contributed by atoms with Crippen molar-refractivity contribution < 1.29 is 19.1 Å². The van der Waals surface area contributed by atoms with Gasteiger partial charge in [-0.15, -0.1) is 0 Å². The lowest BCUT2D eigenvalue weighted by Gasteiger charge is -2.03. The molecule has 0 heterocycles. The first-order chi connectivity index (χ1) is 13.2. The normalized spacial score (nSPS) is 11.3. The molecule has 4 nitrogen and oxygen atoms in total. The molecule has 0 bridgehead atoms. The molecule has 0 aromatic heterocycles. The first-order valence-electron chi connectivity index (χ1n) is 10.9. The third-order valence-corrected chi connectivity index (χ3v) is 4.25. The number of hydrogen-bond acceptors (Lipinski definition) is 4. The van der Waals surface area contributed by atoms with Crippen molar-refractivity contribution in [2.75, 3.05) is 13.2 Å². The summed E-state index contributed by atoms with van der Waals surface area (Å²) < 4.78 is 10.1. The molecule has 0 aliphatic heterocycles. The van der Waals surface area contributed by atoms with E-state index in [0.717, 1.165) is 44.3 Å². The highest BCUT2D eigenvalue weighted by atomic mass is 16.5. The van der Waals surface area contributed by atoms with Crippen molar-refractivity contribution in [3.8, 4) is 0 Å².